The Morgan fingerprint density at radius 1 is 1.26 bits per heavy atom. The van der Waals surface area contributed by atoms with Gasteiger partial charge in [-0.2, -0.15) is 0 Å². The minimum Gasteiger partial charge on any atom is -0.355 e. The van der Waals surface area contributed by atoms with Gasteiger partial charge in [0.2, 0.25) is 0 Å². The quantitative estimate of drug-likeness (QED) is 0.906. The largest absolute Gasteiger partial charge is 0.355 e. The second kappa shape index (κ2) is 5.52. The lowest BCUT2D eigenvalue weighted by Crippen LogP contribution is -2.22. The van der Waals surface area contributed by atoms with Gasteiger partial charge in [0.05, 0.1) is 6.54 Å². The molecule has 1 N–H and O–H groups in total. The first-order valence-electron chi connectivity index (χ1n) is 6.09. The van der Waals surface area contributed by atoms with E-state index in [1.54, 1.807) is 42.9 Å². The van der Waals surface area contributed by atoms with Gasteiger partial charge in [-0.15, -0.1) is 0 Å². The van der Waals surface area contributed by atoms with Crippen LogP contribution < -0.4 is 10.9 Å². The average molecular weight is 256 g/mol. The highest BCUT2D eigenvalue weighted by molar-refractivity contribution is 5.94. The van der Waals surface area contributed by atoms with E-state index in [0.29, 0.717) is 17.7 Å². The molecule has 2 aromatic rings. The first-order valence-corrected chi connectivity index (χ1v) is 6.09. The lowest BCUT2D eigenvalue weighted by molar-refractivity contribution is 0.0963. The van der Waals surface area contributed by atoms with Gasteiger partial charge < -0.3 is 9.88 Å². The number of nitrogens with zero attached hydrogens (tertiary/aromatic N) is 1. The van der Waals surface area contributed by atoms with Crippen LogP contribution in [0.15, 0.2) is 47.4 Å². The van der Waals surface area contributed by atoms with Crippen molar-refractivity contribution in [2.45, 2.75) is 13.5 Å². The Labute approximate surface area is 111 Å². The fourth-order valence-corrected chi connectivity index (χ4v) is 1.93. The van der Waals surface area contributed by atoms with Crippen LogP contribution in [0.4, 0.5) is 0 Å². The minimum absolute atomic E-state index is 0.00662. The summed E-state index contributed by atoms with van der Waals surface area (Å²) in [5, 5.41) is 2.59. The van der Waals surface area contributed by atoms with Crippen molar-refractivity contribution in [3.8, 4) is 0 Å². The van der Waals surface area contributed by atoms with Crippen molar-refractivity contribution in [1.29, 1.82) is 0 Å². The molecule has 4 nitrogen and oxygen atoms in total. The van der Waals surface area contributed by atoms with E-state index in [9.17, 15) is 9.59 Å². The standard InChI is InChI=1S/C15H16N2O2/c1-11-5-4-8-17(15(11)19)10-12-6-3-7-13(9-12)14(18)16-2/h3-9H,10H2,1-2H3,(H,16,18). The van der Waals surface area contributed by atoms with E-state index in [1.807, 2.05) is 18.2 Å². The van der Waals surface area contributed by atoms with Gasteiger partial charge in [-0.05, 0) is 30.7 Å². The predicted molar refractivity (Wildman–Crippen MR) is 74.4 cm³/mol. The summed E-state index contributed by atoms with van der Waals surface area (Å²) in [7, 11) is 1.60. The summed E-state index contributed by atoms with van der Waals surface area (Å²) >= 11 is 0. The molecule has 1 amide bonds. The van der Waals surface area contributed by atoms with Crippen molar-refractivity contribution in [2.75, 3.05) is 7.05 Å². The van der Waals surface area contributed by atoms with Crippen LogP contribution in [0.1, 0.15) is 21.5 Å². The van der Waals surface area contributed by atoms with Gasteiger partial charge in [0.1, 0.15) is 0 Å². The molecular formula is C15H16N2O2. The summed E-state index contributed by atoms with van der Waals surface area (Å²) in [5.41, 5.74) is 2.23. The van der Waals surface area contributed by atoms with Crippen molar-refractivity contribution < 1.29 is 4.79 Å². The van der Waals surface area contributed by atoms with E-state index < -0.39 is 0 Å². The molecule has 1 aromatic carbocycles. The highest BCUT2D eigenvalue weighted by Crippen LogP contribution is 2.06. The zero-order chi connectivity index (χ0) is 13.8. The number of carbonyl (C=O) groups excluding carboxylic acids is 1. The normalized spacial score (nSPS) is 10.2. The van der Waals surface area contributed by atoms with E-state index in [1.165, 1.54) is 0 Å². The summed E-state index contributed by atoms with van der Waals surface area (Å²) in [6.45, 7) is 2.26. The molecule has 2 rings (SSSR count). The molecule has 0 radical (unpaired) electrons. The molecule has 0 aliphatic rings. The second-order valence-electron chi connectivity index (χ2n) is 4.40. The predicted octanol–water partition coefficient (Wildman–Crippen LogP) is 1.56. The molecule has 0 fully saturated rings. The minimum atomic E-state index is -0.126. The Morgan fingerprint density at radius 2 is 2.05 bits per heavy atom. The molecule has 1 heterocycles. The summed E-state index contributed by atoms with van der Waals surface area (Å²) in [6, 6.07) is 10.9. The van der Waals surface area contributed by atoms with Crippen molar-refractivity contribution in [3.05, 3.63) is 69.6 Å². The maximum Gasteiger partial charge on any atom is 0.253 e. The van der Waals surface area contributed by atoms with Crippen molar-refractivity contribution in [3.63, 3.8) is 0 Å². The Balaban J connectivity index is 2.31. The Morgan fingerprint density at radius 3 is 2.79 bits per heavy atom. The Hall–Kier alpha value is -2.36. The number of hydrogen-bond donors (Lipinski definition) is 1. The SMILES string of the molecule is CNC(=O)c1cccc(Cn2cccc(C)c2=O)c1. The molecule has 0 spiro atoms. The third-order valence-corrected chi connectivity index (χ3v) is 2.98. The highest BCUT2D eigenvalue weighted by Gasteiger charge is 2.05. The molecule has 0 saturated carbocycles. The van der Waals surface area contributed by atoms with Gasteiger partial charge in [-0.3, -0.25) is 9.59 Å². The number of pyridine rings is 1. The van der Waals surface area contributed by atoms with Crippen LogP contribution in [-0.2, 0) is 6.54 Å². The van der Waals surface area contributed by atoms with E-state index in [0.717, 1.165) is 5.56 Å². The van der Waals surface area contributed by atoms with Gasteiger partial charge in [0.25, 0.3) is 11.5 Å². The van der Waals surface area contributed by atoms with Gasteiger partial charge in [0, 0.05) is 24.4 Å². The first kappa shape index (κ1) is 13.1. The van der Waals surface area contributed by atoms with Crippen LogP contribution in [-0.4, -0.2) is 17.5 Å². The lowest BCUT2D eigenvalue weighted by atomic mass is 10.1. The maximum atomic E-state index is 11.9. The zero-order valence-corrected chi connectivity index (χ0v) is 11.0. The number of hydrogen-bond acceptors (Lipinski definition) is 2. The summed E-state index contributed by atoms with van der Waals surface area (Å²) < 4.78 is 1.64. The van der Waals surface area contributed by atoms with Crippen LogP contribution in [0.3, 0.4) is 0 Å². The van der Waals surface area contributed by atoms with Gasteiger partial charge in [-0.1, -0.05) is 18.2 Å². The molecule has 4 heteroatoms. The topological polar surface area (TPSA) is 51.1 Å². The molecule has 19 heavy (non-hydrogen) atoms. The molecule has 98 valence electrons. The van der Waals surface area contributed by atoms with Crippen LogP contribution in [0, 0.1) is 6.92 Å². The smallest absolute Gasteiger partial charge is 0.253 e. The third kappa shape index (κ3) is 2.91. The number of nitrogens with one attached hydrogen (secondary N) is 1. The fourth-order valence-electron chi connectivity index (χ4n) is 1.93. The Bertz CT molecular complexity index is 659. The highest BCUT2D eigenvalue weighted by atomic mass is 16.1. The monoisotopic (exact) mass is 256 g/mol. The van der Waals surface area contributed by atoms with Crippen molar-refractivity contribution in [2.24, 2.45) is 0 Å². The zero-order valence-electron chi connectivity index (χ0n) is 11.0. The van der Waals surface area contributed by atoms with Crippen LogP contribution in [0.5, 0.6) is 0 Å². The average Bonchev–Trinajstić information content (AvgIpc) is 2.43. The van der Waals surface area contributed by atoms with Crippen LogP contribution in [0.2, 0.25) is 0 Å². The molecule has 1 aromatic heterocycles. The number of carbonyl (C=O) groups is 1. The third-order valence-electron chi connectivity index (χ3n) is 2.98. The van der Waals surface area contributed by atoms with Crippen LogP contribution >= 0.6 is 0 Å². The van der Waals surface area contributed by atoms with E-state index in [2.05, 4.69) is 5.32 Å². The van der Waals surface area contributed by atoms with Gasteiger partial charge >= 0.3 is 0 Å². The number of aryl methyl sites for hydroxylation is 1. The van der Waals surface area contributed by atoms with Gasteiger partial charge in [0.15, 0.2) is 0 Å². The van der Waals surface area contributed by atoms with Gasteiger partial charge in [-0.25, -0.2) is 0 Å². The molecule has 0 aliphatic carbocycles. The van der Waals surface area contributed by atoms with Crippen LogP contribution in [0.25, 0.3) is 0 Å². The number of rotatable bonds is 3. The number of benzene rings is 1. The summed E-state index contributed by atoms with van der Waals surface area (Å²) in [4.78, 5) is 23.5. The second-order valence-corrected chi connectivity index (χ2v) is 4.40. The number of aromatic nitrogens is 1. The first-order chi connectivity index (χ1) is 9.11. The summed E-state index contributed by atoms with van der Waals surface area (Å²) in [6.07, 6.45) is 1.75. The molecule has 0 unspecified atom stereocenters. The molecular weight excluding hydrogens is 240 g/mol. The molecule has 0 bridgehead atoms. The molecule has 0 atom stereocenters. The van der Waals surface area contributed by atoms with E-state index in [4.69, 9.17) is 0 Å². The van der Waals surface area contributed by atoms with Crippen molar-refractivity contribution >= 4 is 5.91 Å². The Kier molecular flexibility index (Phi) is 3.80. The number of amides is 1. The maximum absolute atomic E-state index is 11.9. The summed E-state index contributed by atoms with van der Waals surface area (Å²) in [5.74, 6) is -0.126. The van der Waals surface area contributed by atoms with Crippen molar-refractivity contribution in [1.82, 2.24) is 9.88 Å². The van der Waals surface area contributed by atoms with E-state index >= 15 is 0 Å². The molecule has 0 saturated heterocycles. The van der Waals surface area contributed by atoms with E-state index in [-0.39, 0.29) is 11.5 Å². The lowest BCUT2D eigenvalue weighted by Gasteiger charge is -2.08. The fraction of sp³-hybridized carbons (Fsp3) is 0.200. The molecule has 0 aliphatic heterocycles.